The summed E-state index contributed by atoms with van der Waals surface area (Å²) in [4.78, 5) is 52.7. The van der Waals surface area contributed by atoms with Crippen LogP contribution in [0.3, 0.4) is 0 Å². The first-order valence-electron chi connectivity index (χ1n) is 11.4. The van der Waals surface area contributed by atoms with Crippen LogP contribution < -0.4 is 16.4 Å². The number of ether oxygens (including phenoxy) is 1. The van der Waals surface area contributed by atoms with Gasteiger partial charge in [0.25, 0.3) is 0 Å². The van der Waals surface area contributed by atoms with E-state index in [1.807, 2.05) is 6.92 Å². The van der Waals surface area contributed by atoms with Crippen molar-refractivity contribution in [3.05, 3.63) is 29.8 Å². The van der Waals surface area contributed by atoms with E-state index in [1.54, 1.807) is 46.8 Å². The Balaban J connectivity index is 2.49. The van der Waals surface area contributed by atoms with E-state index < -0.39 is 47.9 Å². The van der Waals surface area contributed by atoms with E-state index in [-0.39, 0.29) is 23.8 Å². The van der Waals surface area contributed by atoms with E-state index in [9.17, 15) is 24.3 Å². The Labute approximate surface area is 200 Å². The third-order valence-electron chi connectivity index (χ3n) is 5.22. The molecule has 0 bridgehead atoms. The monoisotopic (exact) mass is 476 g/mol. The number of carbonyl (C=O) groups excluding carboxylic acids is 4. The Morgan fingerprint density at radius 3 is 2.29 bits per heavy atom. The second-order valence-corrected chi connectivity index (χ2v) is 10.1. The Morgan fingerprint density at radius 2 is 1.82 bits per heavy atom. The molecule has 0 aromatic heterocycles. The van der Waals surface area contributed by atoms with Crippen molar-refractivity contribution in [1.29, 1.82) is 0 Å². The van der Waals surface area contributed by atoms with Crippen LogP contribution >= 0.6 is 0 Å². The number of nitrogens with one attached hydrogen (secondary N) is 2. The number of phenols is 1. The molecule has 10 nitrogen and oxygen atoms in total. The van der Waals surface area contributed by atoms with Crippen molar-refractivity contribution in [2.75, 3.05) is 0 Å². The second kappa shape index (κ2) is 10.8. The largest absolute Gasteiger partial charge is 0.508 e. The summed E-state index contributed by atoms with van der Waals surface area (Å²) in [5.74, 6) is -1.82. The van der Waals surface area contributed by atoms with Crippen LogP contribution in [0.4, 0.5) is 4.79 Å². The molecule has 1 fully saturated rings. The summed E-state index contributed by atoms with van der Waals surface area (Å²) in [5.41, 5.74) is 4.95. The van der Waals surface area contributed by atoms with E-state index in [4.69, 9.17) is 10.5 Å². The number of aromatic hydroxyl groups is 1. The summed E-state index contributed by atoms with van der Waals surface area (Å²) in [5, 5.41) is 15.3. The third-order valence-corrected chi connectivity index (χ3v) is 5.22. The zero-order chi connectivity index (χ0) is 25.8. The minimum Gasteiger partial charge on any atom is -0.508 e. The highest BCUT2D eigenvalue weighted by molar-refractivity contribution is 5.95. The summed E-state index contributed by atoms with van der Waals surface area (Å²) < 4.78 is 5.25. The topological polar surface area (TPSA) is 151 Å². The fourth-order valence-electron chi connectivity index (χ4n) is 3.70. The quantitative estimate of drug-likeness (QED) is 0.428. The summed E-state index contributed by atoms with van der Waals surface area (Å²) in [6.07, 6.45) is -0.698. The fraction of sp³-hybridized carbons (Fsp3) is 0.583. The predicted molar refractivity (Wildman–Crippen MR) is 126 cm³/mol. The SMILES string of the molecule is CC(C)NC(=O)C(c1cccc(O)c1)N(C(=O)C(CC(N)=O)NC(=O)OC(C)(C)C)C1CC1C. The number of carbonyl (C=O) groups is 4. The Kier molecular flexibility index (Phi) is 8.52. The van der Waals surface area contributed by atoms with Gasteiger partial charge in [0.2, 0.25) is 17.7 Å². The number of amides is 4. The average Bonchev–Trinajstić information content (AvgIpc) is 3.38. The van der Waals surface area contributed by atoms with Crippen LogP contribution in [-0.4, -0.2) is 57.5 Å². The molecule has 0 aliphatic heterocycles. The van der Waals surface area contributed by atoms with E-state index in [1.165, 1.54) is 17.0 Å². The van der Waals surface area contributed by atoms with Crippen molar-refractivity contribution in [2.24, 2.45) is 11.7 Å². The number of nitrogens with zero attached hydrogens (tertiary/aromatic N) is 1. The van der Waals surface area contributed by atoms with Crippen LogP contribution in [0.2, 0.25) is 0 Å². The first kappa shape index (κ1) is 26.9. The molecular weight excluding hydrogens is 440 g/mol. The molecule has 5 N–H and O–H groups in total. The molecule has 1 saturated carbocycles. The van der Waals surface area contributed by atoms with Crippen molar-refractivity contribution in [2.45, 2.75) is 84.2 Å². The van der Waals surface area contributed by atoms with Crippen molar-refractivity contribution in [3.63, 3.8) is 0 Å². The molecule has 0 radical (unpaired) electrons. The highest BCUT2D eigenvalue weighted by Gasteiger charge is 2.48. The van der Waals surface area contributed by atoms with Crippen LogP contribution in [0.5, 0.6) is 5.75 Å². The van der Waals surface area contributed by atoms with Crippen molar-refractivity contribution in [1.82, 2.24) is 15.5 Å². The number of hydrogen-bond acceptors (Lipinski definition) is 6. The van der Waals surface area contributed by atoms with Gasteiger partial charge >= 0.3 is 6.09 Å². The molecule has 10 heteroatoms. The molecule has 4 atom stereocenters. The number of hydrogen-bond donors (Lipinski definition) is 4. The van der Waals surface area contributed by atoms with Gasteiger partial charge in [-0.05, 0) is 64.7 Å². The minimum atomic E-state index is -1.33. The maximum atomic E-state index is 13.8. The van der Waals surface area contributed by atoms with Crippen molar-refractivity contribution < 1.29 is 29.0 Å². The van der Waals surface area contributed by atoms with Gasteiger partial charge in [-0.1, -0.05) is 19.1 Å². The van der Waals surface area contributed by atoms with Crippen LogP contribution in [0.25, 0.3) is 0 Å². The number of nitrogens with two attached hydrogens (primary N) is 1. The maximum absolute atomic E-state index is 13.8. The van der Waals surface area contributed by atoms with Gasteiger partial charge in [0.15, 0.2) is 0 Å². The molecule has 1 aromatic carbocycles. The lowest BCUT2D eigenvalue weighted by molar-refractivity contribution is -0.144. The molecule has 0 spiro atoms. The highest BCUT2D eigenvalue weighted by Crippen LogP contribution is 2.41. The van der Waals surface area contributed by atoms with Crippen LogP contribution in [0, 0.1) is 5.92 Å². The Morgan fingerprint density at radius 1 is 1.21 bits per heavy atom. The van der Waals surface area contributed by atoms with Crippen LogP contribution in [0.1, 0.15) is 66.0 Å². The molecule has 0 heterocycles. The number of alkyl carbamates (subject to hydrolysis) is 1. The van der Waals surface area contributed by atoms with Crippen molar-refractivity contribution in [3.8, 4) is 5.75 Å². The number of benzene rings is 1. The molecule has 1 aliphatic rings. The van der Waals surface area contributed by atoms with Gasteiger partial charge in [0.05, 0.1) is 6.42 Å². The van der Waals surface area contributed by atoms with E-state index in [0.29, 0.717) is 12.0 Å². The summed E-state index contributed by atoms with van der Waals surface area (Å²) in [7, 11) is 0. The first-order valence-corrected chi connectivity index (χ1v) is 11.4. The average molecular weight is 477 g/mol. The molecular formula is C24H36N4O6. The highest BCUT2D eigenvalue weighted by atomic mass is 16.6. The van der Waals surface area contributed by atoms with E-state index >= 15 is 0 Å². The summed E-state index contributed by atoms with van der Waals surface area (Å²) >= 11 is 0. The molecule has 1 aliphatic carbocycles. The number of primary amides is 1. The predicted octanol–water partition coefficient (Wildman–Crippen LogP) is 1.96. The lowest BCUT2D eigenvalue weighted by Gasteiger charge is -2.35. The smallest absolute Gasteiger partial charge is 0.408 e. The van der Waals surface area contributed by atoms with Gasteiger partial charge in [0, 0.05) is 12.1 Å². The van der Waals surface area contributed by atoms with Gasteiger partial charge in [0.1, 0.15) is 23.4 Å². The maximum Gasteiger partial charge on any atom is 0.408 e. The Hall–Kier alpha value is -3.30. The van der Waals surface area contributed by atoms with E-state index in [0.717, 1.165) is 0 Å². The first-order chi connectivity index (χ1) is 15.7. The summed E-state index contributed by atoms with van der Waals surface area (Å²) in [6.45, 7) is 10.5. The lowest BCUT2D eigenvalue weighted by Crippen LogP contribution is -2.55. The molecule has 4 unspecified atom stereocenters. The third kappa shape index (κ3) is 7.64. The molecule has 0 saturated heterocycles. The minimum absolute atomic E-state index is 0.0587. The van der Waals surface area contributed by atoms with Gasteiger partial charge < -0.3 is 31.1 Å². The van der Waals surface area contributed by atoms with E-state index in [2.05, 4.69) is 10.6 Å². The van der Waals surface area contributed by atoms with Crippen LogP contribution in [0.15, 0.2) is 24.3 Å². The number of rotatable bonds is 9. The standard InChI is InChI=1S/C24H36N4O6/c1-13(2)26-21(31)20(15-8-7-9-16(29)11-15)28(18-10-14(18)3)22(32)17(12-19(25)30)27-23(33)34-24(4,5)6/h7-9,11,13-14,17-18,20,29H,10,12H2,1-6H3,(H2,25,30)(H,26,31)(H,27,33). The van der Waals surface area contributed by atoms with Crippen molar-refractivity contribution >= 4 is 23.8 Å². The van der Waals surface area contributed by atoms with Crippen LogP contribution in [-0.2, 0) is 19.1 Å². The van der Waals surface area contributed by atoms with Gasteiger partial charge in [-0.25, -0.2) is 4.79 Å². The Bertz CT molecular complexity index is 926. The van der Waals surface area contributed by atoms with Gasteiger partial charge in [-0.2, -0.15) is 0 Å². The summed E-state index contributed by atoms with van der Waals surface area (Å²) in [6, 6.07) is 3.19. The lowest BCUT2D eigenvalue weighted by atomic mass is 10.0. The van der Waals surface area contributed by atoms with Gasteiger partial charge in [-0.3, -0.25) is 14.4 Å². The normalized spacial score (nSPS) is 19.0. The number of phenolic OH excluding ortho intramolecular Hbond substituents is 1. The molecule has 34 heavy (non-hydrogen) atoms. The molecule has 4 amide bonds. The molecule has 2 rings (SSSR count). The zero-order valence-electron chi connectivity index (χ0n) is 20.6. The molecule has 1 aromatic rings. The molecule has 188 valence electrons. The second-order valence-electron chi connectivity index (χ2n) is 10.1. The van der Waals surface area contributed by atoms with Gasteiger partial charge in [-0.15, -0.1) is 0 Å². The zero-order valence-corrected chi connectivity index (χ0v) is 20.6. The fourth-order valence-corrected chi connectivity index (χ4v) is 3.70.